The molecule has 4 aromatic rings. The standard InChI is InChI=1S/C32H28N4O8S/c1-5-43-31(38)28-19(4)33-32-34(29(28)22-10-8-21(9-11-22)18(2)3)30(37)27(45-32)16-20-6-13-24(14-7-20)44-26-15-12-23(35(39)40)17-25(26)36(41)42/h6-18,29H,5H2,1-4H3/b27-16-/t29-/m1/s1. The van der Waals surface area contributed by atoms with Crippen molar-refractivity contribution in [2.24, 2.45) is 4.99 Å². The normalized spacial score (nSPS) is 14.6. The van der Waals surface area contributed by atoms with E-state index in [0.29, 0.717) is 32.1 Å². The molecule has 0 saturated heterocycles. The van der Waals surface area contributed by atoms with E-state index in [4.69, 9.17) is 9.47 Å². The summed E-state index contributed by atoms with van der Waals surface area (Å²) in [6.07, 6.45) is 1.68. The van der Waals surface area contributed by atoms with Crippen LogP contribution >= 0.6 is 11.3 Å². The predicted molar refractivity (Wildman–Crippen MR) is 167 cm³/mol. The third-order valence-corrected chi connectivity index (χ3v) is 8.17. The van der Waals surface area contributed by atoms with Crippen molar-refractivity contribution in [1.82, 2.24) is 4.57 Å². The number of carbonyl (C=O) groups excluding carboxylic acids is 1. The summed E-state index contributed by atoms with van der Waals surface area (Å²) in [5, 5.41) is 22.5. The van der Waals surface area contributed by atoms with Crippen LogP contribution in [-0.2, 0) is 9.53 Å². The van der Waals surface area contributed by atoms with E-state index in [9.17, 15) is 29.8 Å². The average molecular weight is 629 g/mol. The van der Waals surface area contributed by atoms with Gasteiger partial charge in [-0.1, -0.05) is 61.6 Å². The minimum atomic E-state index is -0.753. The predicted octanol–water partition coefficient (Wildman–Crippen LogP) is 5.53. The maximum absolute atomic E-state index is 13.9. The Hall–Kier alpha value is -5.43. The highest BCUT2D eigenvalue weighted by molar-refractivity contribution is 7.07. The number of rotatable bonds is 9. The molecule has 0 radical (unpaired) electrons. The zero-order valence-corrected chi connectivity index (χ0v) is 25.6. The molecule has 0 bridgehead atoms. The number of allylic oxidation sites excluding steroid dienone is 1. The molecule has 0 aliphatic carbocycles. The van der Waals surface area contributed by atoms with Gasteiger partial charge in [-0.3, -0.25) is 29.6 Å². The Balaban J connectivity index is 1.52. The minimum Gasteiger partial charge on any atom is -0.463 e. The minimum absolute atomic E-state index is 0.152. The van der Waals surface area contributed by atoms with Gasteiger partial charge in [0.15, 0.2) is 4.80 Å². The Morgan fingerprint density at radius 1 is 1.04 bits per heavy atom. The number of nitro groups is 2. The molecule has 1 aliphatic rings. The van der Waals surface area contributed by atoms with Crippen LogP contribution < -0.4 is 19.6 Å². The summed E-state index contributed by atoms with van der Waals surface area (Å²) in [6.45, 7) is 7.80. The SMILES string of the molecule is CCOC(=O)C1=C(C)N=c2s/c(=C\c3ccc(Oc4ccc([N+](=O)[O-])cc4[N+](=O)[O-])cc3)c(=O)n2[C@@H]1c1ccc(C(C)C)cc1. The van der Waals surface area contributed by atoms with Gasteiger partial charge in [-0.15, -0.1) is 0 Å². The Bertz CT molecular complexity index is 2030. The van der Waals surface area contributed by atoms with Gasteiger partial charge in [0.25, 0.3) is 11.2 Å². The smallest absolute Gasteiger partial charge is 0.338 e. The van der Waals surface area contributed by atoms with Crippen LogP contribution in [0, 0.1) is 20.2 Å². The van der Waals surface area contributed by atoms with E-state index >= 15 is 0 Å². The molecule has 0 saturated carbocycles. The molecule has 0 unspecified atom stereocenters. The van der Waals surface area contributed by atoms with Gasteiger partial charge >= 0.3 is 11.7 Å². The van der Waals surface area contributed by atoms with Gasteiger partial charge in [0.05, 0.1) is 44.4 Å². The number of benzene rings is 3. The van der Waals surface area contributed by atoms with Gasteiger partial charge < -0.3 is 9.47 Å². The molecule has 3 aromatic carbocycles. The summed E-state index contributed by atoms with van der Waals surface area (Å²) >= 11 is 1.19. The number of hydrogen-bond acceptors (Lipinski definition) is 10. The Morgan fingerprint density at radius 2 is 1.73 bits per heavy atom. The number of ether oxygens (including phenoxy) is 2. The second-order valence-corrected chi connectivity index (χ2v) is 11.5. The molecule has 0 amide bonds. The van der Waals surface area contributed by atoms with E-state index in [2.05, 4.69) is 18.8 Å². The Labute approximate surface area is 260 Å². The lowest BCUT2D eigenvalue weighted by atomic mass is 9.93. The molecule has 2 heterocycles. The van der Waals surface area contributed by atoms with E-state index in [1.807, 2.05) is 24.3 Å². The van der Waals surface area contributed by atoms with Crippen molar-refractivity contribution in [3.05, 3.63) is 135 Å². The molecule has 12 nitrogen and oxygen atoms in total. The first-order chi connectivity index (χ1) is 21.5. The van der Waals surface area contributed by atoms with Crippen molar-refractivity contribution in [2.45, 2.75) is 39.7 Å². The first-order valence-electron chi connectivity index (χ1n) is 14.0. The number of fused-ring (bicyclic) bond motifs is 1. The Kier molecular flexibility index (Phi) is 8.73. The van der Waals surface area contributed by atoms with Crippen LogP contribution in [0.3, 0.4) is 0 Å². The topological polar surface area (TPSA) is 156 Å². The van der Waals surface area contributed by atoms with Gasteiger partial charge in [-0.05, 0) is 60.7 Å². The van der Waals surface area contributed by atoms with Crippen molar-refractivity contribution < 1.29 is 24.1 Å². The lowest BCUT2D eigenvalue weighted by Gasteiger charge is -2.25. The Morgan fingerprint density at radius 3 is 2.33 bits per heavy atom. The summed E-state index contributed by atoms with van der Waals surface area (Å²) in [6, 6.07) is 16.7. The molecule has 0 spiro atoms. The third-order valence-electron chi connectivity index (χ3n) is 7.19. The van der Waals surface area contributed by atoms with E-state index < -0.39 is 33.2 Å². The fourth-order valence-electron chi connectivity index (χ4n) is 4.93. The lowest BCUT2D eigenvalue weighted by molar-refractivity contribution is -0.394. The summed E-state index contributed by atoms with van der Waals surface area (Å²) in [5.41, 5.74) is 2.01. The van der Waals surface area contributed by atoms with Gasteiger partial charge in [0, 0.05) is 6.07 Å². The summed E-state index contributed by atoms with van der Waals surface area (Å²) in [4.78, 5) is 53.0. The number of aromatic nitrogens is 1. The van der Waals surface area contributed by atoms with Crippen LogP contribution in [0.5, 0.6) is 11.5 Å². The molecular formula is C32H28N4O8S. The summed E-state index contributed by atoms with van der Waals surface area (Å²) in [5.74, 6) is -0.121. The second kappa shape index (κ2) is 12.7. The summed E-state index contributed by atoms with van der Waals surface area (Å²) < 4.78 is 12.9. The monoisotopic (exact) mass is 628 g/mol. The van der Waals surface area contributed by atoms with Crippen LogP contribution in [0.4, 0.5) is 11.4 Å². The number of carbonyl (C=O) groups is 1. The van der Waals surface area contributed by atoms with Gasteiger partial charge in [-0.25, -0.2) is 9.79 Å². The number of nitrogens with zero attached hydrogens (tertiary/aromatic N) is 4. The maximum Gasteiger partial charge on any atom is 0.338 e. The highest BCUT2D eigenvalue weighted by Crippen LogP contribution is 2.35. The van der Waals surface area contributed by atoms with Crippen LogP contribution in [0.2, 0.25) is 0 Å². The fraction of sp³-hybridized carbons (Fsp3) is 0.219. The second-order valence-electron chi connectivity index (χ2n) is 10.5. The molecule has 1 aliphatic heterocycles. The number of nitro benzene ring substituents is 2. The highest BCUT2D eigenvalue weighted by Gasteiger charge is 2.33. The molecule has 1 atom stereocenters. The highest BCUT2D eigenvalue weighted by atomic mass is 32.1. The van der Waals surface area contributed by atoms with Gasteiger partial charge in [0.2, 0.25) is 5.75 Å². The molecular weight excluding hydrogens is 600 g/mol. The molecule has 0 N–H and O–H groups in total. The third kappa shape index (κ3) is 6.29. The molecule has 13 heteroatoms. The number of esters is 1. The summed E-state index contributed by atoms with van der Waals surface area (Å²) in [7, 11) is 0. The van der Waals surface area contributed by atoms with Crippen molar-refractivity contribution in [2.75, 3.05) is 6.61 Å². The van der Waals surface area contributed by atoms with Crippen LogP contribution in [0.25, 0.3) is 6.08 Å². The number of non-ortho nitro benzene ring substituents is 1. The van der Waals surface area contributed by atoms with Crippen LogP contribution in [-0.4, -0.2) is 27.0 Å². The maximum atomic E-state index is 13.9. The largest absolute Gasteiger partial charge is 0.463 e. The molecule has 1 aromatic heterocycles. The quantitative estimate of drug-likeness (QED) is 0.133. The van der Waals surface area contributed by atoms with E-state index in [1.165, 1.54) is 22.0 Å². The number of hydrogen-bond donors (Lipinski definition) is 0. The molecule has 0 fully saturated rings. The molecule has 230 valence electrons. The van der Waals surface area contributed by atoms with Crippen molar-refractivity contribution in [1.29, 1.82) is 0 Å². The van der Waals surface area contributed by atoms with E-state index in [1.54, 1.807) is 44.2 Å². The van der Waals surface area contributed by atoms with E-state index in [-0.39, 0.29) is 23.7 Å². The fourth-order valence-corrected chi connectivity index (χ4v) is 5.98. The zero-order valence-electron chi connectivity index (χ0n) is 24.8. The zero-order chi connectivity index (χ0) is 32.4. The molecule has 45 heavy (non-hydrogen) atoms. The molecule has 5 rings (SSSR count). The average Bonchev–Trinajstić information content (AvgIpc) is 3.31. The van der Waals surface area contributed by atoms with Crippen LogP contribution in [0.1, 0.15) is 56.3 Å². The van der Waals surface area contributed by atoms with Gasteiger partial charge in [-0.2, -0.15) is 0 Å². The van der Waals surface area contributed by atoms with Crippen molar-refractivity contribution in [3.63, 3.8) is 0 Å². The first-order valence-corrected chi connectivity index (χ1v) is 14.8. The van der Waals surface area contributed by atoms with Crippen molar-refractivity contribution >= 4 is 34.8 Å². The van der Waals surface area contributed by atoms with Crippen molar-refractivity contribution in [3.8, 4) is 11.5 Å². The van der Waals surface area contributed by atoms with Crippen LogP contribution in [0.15, 0.2) is 87.8 Å². The lowest BCUT2D eigenvalue weighted by Crippen LogP contribution is -2.39. The first kappa shape index (κ1) is 31.0. The van der Waals surface area contributed by atoms with E-state index in [0.717, 1.165) is 23.3 Å². The van der Waals surface area contributed by atoms with Gasteiger partial charge in [0.1, 0.15) is 5.75 Å². The number of thiazole rings is 1.